The first-order valence-corrected chi connectivity index (χ1v) is 7.93. The van der Waals surface area contributed by atoms with E-state index in [1.165, 1.54) is 19.9 Å². The smallest absolute Gasteiger partial charge is 0.344 e. The van der Waals surface area contributed by atoms with Crippen LogP contribution in [-0.4, -0.2) is 40.3 Å². The zero-order chi connectivity index (χ0) is 18.8. The van der Waals surface area contributed by atoms with Gasteiger partial charge in [0.25, 0.3) is 11.8 Å². The molecule has 1 saturated heterocycles. The molecule has 2 N–H and O–H groups in total. The van der Waals surface area contributed by atoms with Gasteiger partial charge in [-0.1, -0.05) is 19.1 Å². The average Bonchev–Trinajstić information content (AvgIpc) is 2.78. The Labute approximate surface area is 145 Å². The molecule has 1 aromatic carbocycles. The normalized spacial score (nSPS) is 20.9. The third-order valence-corrected chi connectivity index (χ3v) is 4.11. The number of carbonyl (C=O) groups excluding carboxylic acids is 4. The molecule has 2 rings (SSSR count). The number of Topliss-reactive ketones (excluding diaryl/α,β-unsaturated/α-hetero) is 1. The Bertz CT molecular complexity index is 733. The highest BCUT2D eigenvalue weighted by atomic mass is 16.5. The van der Waals surface area contributed by atoms with E-state index in [1.54, 1.807) is 32.0 Å². The lowest BCUT2D eigenvalue weighted by Crippen LogP contribution is -2.51. The highest BCUT2D eigenvalue weighted by Gasteiger charge is 2.47. The maximum atomic E-state index is 12.3. The summed E-state index contributed by atoms with van der Waals surface area (Å²) in [7, 11) is 0. The second-order valence-electron chi connectivity index (χ2n) is 6.08. The lowest BCUT2D eigenvalue weighted by atomic mass is 10.00. The molecule has 0 radical (unpaired) electrons. The van der Waals surface area contributed by atoms with E-state index in [0.29, 0.717) is 22.7 Å². The van der Waals surface area contributed by atoms with Gasteiger partial charge in [0.05, 0.1) is 0 Å². The minimum Gasteiger partial charge on any atom is -0.481 e. The molecular formula is C17H21N3O5. The highest BCUT2D eigenvalue weighted by Crippen LogP contribution is 2.20. The minimum absolute atomic E-state index is 0.124. The molecule has 2 atom stereocenters. The number of amides is 4. The summed E-state index contributed by atoms with van der Waals surface area (Å²) < 4.78 is 5.49. The van der Waals surface area contributed by atoms with E-state index in [9.17, 15) is 19.2 Å². The van der Waals surface area contributed by atoms with Crippen LogP contribution < -0.4 is 15.5 Å². The number of hydrazine groups is 1. The van der Waals surface area contributed by atoms with Crippen molar-refractivity contribution < 1.29 is 23.9 Å². The largest absolute Gasteiger partial charge is 0.481 e. The van der Waals surface area contributed by atoms with Gasteiger partial charge in [-0.25, -0.2) is 4.79 Å². The molecular weight excluding hydrogens is 326 g/mol. The van der Waals surface area contributed by atoms with Gasteiger partial charge >= 0.3 is 6.03 Å². The number of hydrogen-bond donors (Lipinski definition) is 2. The van der Waals surface area contributed by atoms with Gasteiger partial charge in [0, 0.05) is 5.56 Å². The van der Waals surface area contributed by atoms with E-state index in [-0.39, 0.29) is 5.78 Å². The van der Waals surface area contributed by atoms with Crippen molar-refractivity contribution in [3.63, 3.8) is 0 Å². The molecule has 25 heavy (non-hydrogen) atoms. The fourth-order valence-corrected chi connectivity index (χ4v) is 2.27. The summed E-state index contributed by atoms with van der Waals surface area (Å²) in [5, 5.41) is 3.20. The minimum atomic E-state index is -1.04. The van der Waals surface area contributed by atoms with Gasteiger partial charge in [-0.2, -0.15) is 5.01 Å². The summed E-state index contributed by atoms with van der Waals surface area (Å²) in [4.78, 5) is 47.8. The van der Waals surface area contributed by atoms with Gasteiger partial charge in [-0.3, -0.25) is 19.8 Å². The molecule has 0 spiro atoms. The Balaban J connectivity index is 2.04. The molecule has 0 aliphatic carbocycles. The lowest BCUT2D eigenvalue weighted by Gasteiger charge is -2.21. The maximum absolute atomic E-state index is 12.3. The van der Waals surface area contributed by atoms with E-state index in [1.807, 2.05) is 0 Å². The molecule has 1 aromatic rings. The molecule has 8 nitrogen and oxygen atoms in total. The number of hydrogen-bond acceptors (Lipinski definition) is 5. The molecule has 4 amide bonds. The number of urea groups is 1. The summed E-state index contributed by atoms with van der Waals surface area (Å²) >= 11 is 0. The van der Waals surface area contributed by atoms with E-state index in [2.05, 4.69) is 10.7 Å². The monoisotopic (exact) mass is 347 g/mol. The molecule has 1 heterocycles. The standard InChI is InChI=1S/C17H21N3O5/c1-5-17(4)15(23)20(16(24)18-17)19-14(22)11(3)25-13-8-6-7-12(9-13)10(2)21/h6-9,11H,5H2,1-4H3,(H,18,24)(H,19,22). The Hall–Kier alpha value is -2.90. The van der Waals surface area contributed by atoms with Gasteiger partial charge in [-0.15, -0.1) is 0 Å². The van der Waals surface area contributed by atoms with Crippen molar-refractivity contribution in [3.8, 4) is 5.75 Å². The van der Waals surface area contributed by atoms with Crippen LogP contribution in [0.2, 0.25) is 0 Å². The quantitative estimate of drug-likeness (QED) is 0.598. The SMILES string of the molecule is CCC1(C)NC(=O)N(NC(=O)C(C)Oc2cccc(C(C)=O)c2)C1=O. The van der Waals surface area contributed by atoms with Crippen LogP contribution in [0.3, 0.4) is 0 Å². The summed E-state index contributed by atoms with van der Waals surface area (Å²) in [6, 6.07) is 5.72. The van der Waals surface area contributed by atoms with E-state index < -0.39 is 29.5 Å². The van der Waals surface area contributed by atoms with E-state index in [0.717, 1.165) is 0 Å². The van der Waals surface area contributed by atoms with Crippen molar-refractivity contribution in [2.45, 2.75) is 45.8 Å². The number of carbonyl (C=O) groups is 4. The third-order valence-electron chi connectivity index (χ3n) is 4.11. The van der Waals surface area contributed by atoms with Gasteiger partial charge in [-0.05, 0) is 39.3 Å². The maximum Gasteiger partial charge on any atom is 0.344 e. The molecule has 0 aromatic heterocycles. The first kappa shape index (κ1) is 18.4. The van der Waals surface area contributed by atoms with Crippen LogP contribution in [0, 0.1) is 0 Å². The molecule has 1 fully saturated rings. The van der Waals surface area contributed by atoms with Crippen LogP contribution in [0.25, 0.3) is 0 Å². The van der Waals surface area contributed by atoms with Crippen molar-refractivity contribution in [3.05, 3.63) is 29.8 Å². The number of ether oxygens (including phenoxy) is 1. The molecule has 2 unspecified atom stereocenters. The van der Waals surface area contributed by atoms with Gasteiger partial charge in [0.15, 0.2) is 11.9 Å². The summed E-state index contributed by atoms with van der Waals surface area (Å²) in [6.07, 6.45) is -0.579. The van der Waals surface area contributed by atoms with Crippen molar-refractivity contribution in [2.24, 2.45) is 0 Å². The van der Waals surface area contributed by atoms with Crippen molar-refractivity contribution in [2.75, 3.05) is 0 Å². The number of imide groups is 1. The Morgan fingerprint density at radius 2 is 2.04 bits per heavy atom. The number of benzene rings is 1. The first-order chi connectivity index (χ1) is 11.7. The molecule has 1 aliphatic rings. The second kappa shape index (κ2) is 6.92. The number of nitrogens with zero attached hydrogens (tertiary/aromatic N) is 1. The second-order valence-corrected chi connectivity index (χ2v) is 6.08. The van der Waals surface area contributed by atoms with Crippen LogP contribution in [0.15, 0.2) is 24.3 Å². The van der Waals surface area contributed by atoms with Gasteiger partial charge in [0.2, 0.25) is 0 Å². The van der Waals surface area contributed by atoms with Crippen LogP contribution in [0.5, 0.6) is 5.75 Å². The van der Waals surface area contributed by atoms with Gasteiger partial charge < -0.3 is 10.1 Å². The zero-order valence-electron chi connectivity index (χ0n) is 14.6. The molecule has 8 heteroatoms. The predicted molar refractivity (Wildman–Crippen MR) is 88.8 cm³/mol. The third kappa shape index (κ3) is 3.78. The molecule has 0 bridgehead atoms. The zero-order valence-corrected chi connectivity index (χ0v) is 14.6. The lowest BCUT2D eigenvalue weighted by molar-refractivity contribution is -0.141. The number of nitrogens with one attached hydrogen (secondary N) is 2. The summed E-state index contributed by atoms with van der Waals surface area (Å²) in [5.41, 5.74) is 1.69. The number of rotatable bonds is 6. The predicted octanol–water partition coefficient (Wildman–Crippen LogP) is 1.41. The Kier molecular flexibility index (Phi) is 5.10. The van der Waals surface area contributed by atoms with Crippen molar-refractivity contribution in [1.82, 2.24) is 15.8 Å². The van der Waals surface area contributed by atoms with Crippen LogP contribution >= 0.6 is 0 Å². The summed E-state index contributed by atoms with van der Waals surface area (Å²) in [5.74, 6) is -0.970. The first-order valence-electron chi connectivity index (χ1n) is 7.93. The topological polar surface area (TPSA) is 105 Å². The fourth-order valence-electron chi connectivity index (χ4n) is 2.27. The Morgan fingerprint density at radius 3 is 2.60 bits per heavy atom. The fraction of sp³-hybridized carbons (Fsp3) is 0.412. The van der Waals surface area contributed by atoms with Crippen LogP contribution in [0.1, 0.15) is 44.5 Å². The Morgan fingerprint density at radius 1 is 1.36 bits per heavy atom. The summed E-state index contributed by atoms with van der Waals surface area (Å²) in [6.45, 7) is 6.26. The molecule has 1 aliphatic heterocycles. The van der Waals surface area contributed by atoms with Crippen LogP contribution in [-0.2, 0) is 9.59 Å². The van der Waals surface area contributed by atoms with Gasteiger partial charge in [0.1, 0.15) is 11.3 Å². The number of ketones is 1. The van der Waals surface area contributed by atoms with E-state index in [4.69, 9.17) is 4.74 Å². The van der Waals surface area contributed by atoms with E-state index >= 15 is 0 Å². The molecule has 134 valence electrons. The highest BCUT2D eigenvalue weighted by molar-refractivity contribution is 6.07. The van der Waals surface area contributed by atoms with Crippen LogP contribution in [0.4, 0.5) is 4.79 Å². The van der Waals surface area contributed by atoms with Crippen molar-refractivity contribution in [1.29, 1.82) is 0 Å². The average molecular weight is 347 g/mol. The van der Waals surface area contributed by atoms with Crippen molar-refractivity contribution >= 4 is 23.6 Å². The molecule has 0 saturated carbocycles.